The molecule has 0 atom stereocenters. The second kappa shape index (κ2) is 7.93. The number of rotatable bonds is 4. The second-order valence-corrected chi connectivity index (χ2v) is 8.27. The van der Waals surface area contributed by atoms with Crippen molar-refractivity contribution in [2.75, 3.05) is 5.01 Å². The fourth-order valence-electron chi connectivity index (χ4n) is 4.47. The lowest BCUT2D eigenvalue weighted by Gasteiger charge is -2.29. The molecule has 4 aromatic carbocycles. The molecule has 1 heterocycles. The molecule has 0 spiro atoms. The van der Waals surface area contributed by atoms with Crippen molar-refractivity contribution in [3.05, 3.63) is 137 Å². The van der Waals surface area contributed by atoms with Crippen LogP contribution in [0.3, 0.4) is 0 Å². The summed E-state index contributed by atoms with van der Waals surface area (Å²) in [4.78, 5) is 14.3. The molecule has 0 radical (unpaired) electrons. The Morgan fingerprint density at radius 2 is 1.22 bits per heavy atom. The van der Waals surface area contributed by atoms with Crippen molar-refractivity contribution >= 4 is 17.8 Å². The zero-order valence-corrected chi connectivity index (χ0v) is 18.2. The molecule has 0 saturated carbocycles. The number of carbonyl (C=O) groups excluding carboxylic acids is 1. The highest BCUT2D eigenvalue weighted by atomic mass is 16.2. The molecular formula is C29H24N2O. The third-order valence-corrected chi connectivity index (χ3v) is 6.14. The summed E-state index contributed by atoms with van der Waals surface area (Å²) >= 11 is 0. The minimum atomic E-state index is -0.952. The first-order chi connectivity index (χ1) is 15.6. The monoisotopic (exact) mass is 416 g/mol. The van der Waals surface area contributed by atoms with Crippen LogP contribution in [0.4, 0.5) is 5.69 Å². The summed E-state index contributed by atoms with van der Waals surface area (Å²) in [7, 11) is 0. The van der Waals surface area contributed by atoms with Crippen molar-refractivity contribution in [3.63, 3.8) is 0 Å². The van der Waals surface area contributed by atoms with Gasteiger partial charge in [0.05, 0.1) is 11.9 Å². The van der Waals surface area contributed by atoms with Gasteiger partial charge in [-0.1, -0.05) is 108 Å². The predicted molar refractivity (Wildman–Crippen MR) is 130 cm³/mol. The van der Waals surface area contributed by atoms with Crippen molar-refractivity contribution in [1.82, 2.24) is 0 Å². The van der Waals surface area contributed by atoms with E-state index in [0.29, 0.717) is 0 Å². The van der Waals surface area contributed by atoms with E-state index in [2.05, 4.69) is 67.5 Å². The Morgan fingerprint density at radius 3 is 1.81 bits per heavy atom. The molecular weight excluding hydrogens is 392 g/mol. The van der Waals surface area contributed by atoms with Crippen LogP contribution < -0.4 is 5.01 Å². The number of fused-ring (bicyclic) bond motifs is 1. The molecule has 0 unspecified atom stereocenters. The first-order valence-corrected chi connectivity index (χ1v) is 10.8. The van der Waals surface area contributed by atoms with Gasteiger partial charge in [-0.05, 0) is 36.6 Å². The topological polar surface area (TPSA) is 32.7 Å². The van der Waals surface area contributed by atoms with Crippen LogP contribution >= 0.6 is 0 Å². The van der Waals surface area contributed by atoms with Gasteiger partial charge < -0.3 is 0 Å². The van der Waals surface area contributed by atoms with E-state index in [9.17, 15) is 4.79 Å². The minimum absolute atomic E-state index is 0.0708. The van der Waals surface area contributed by atoms with Gasteiger partial charge in [0.1, 0.15) is 5.41 Å². The highest BCUT2D eigenvalue weighted by Gasteiger charge is 2.53. The van der Waals surface area contributed by atoms with Crippen molar-refractivity contribution < 1.29 is 4.79 Å². The van der Waals surface area contributed by atoms with Crippen LogP contribution in [-0.2, 0) is 10.2 Å². The standard InChI is InChI=1S/C29H24N2O/c1-21-12-16-24(17-13-21)29(25-18-14-22(2)15-19-25)26-10-6-7-11-27(26)31(28(29)32)30-20-23-8-4-3-5-9-23/h3-20H,1-2H3. The second-order valence-electron chi connectivity index (χ2n) is 8.27. The molecule has 0 aliphatic carbocycles. The Hall–Kier alpha value is -3.98. The lowest BCUT2D eigenvalue weighted by atomic mass is 9.70. The average molecular weight is 417 g/mol. The van der Waals surface area contributed by atoms with Gasteiger partial charge in [-0.25, -0.2) is 0 Å². The number of hydrogen-bond donors (Lipinski definition) is 0. The van der Waals surface area contributed by atoms with Crippen LogP contribution in [0.25, 0.3) is 0 Å². The molecule has 0 fully saturated rings. The van der Waals surface area contributed by atoms with Crippen LogP contribution in [0.5, 0.6) is 0 Å². The summed E-state index contributed by atoms with van der Waals surface area (Å²) in [5.74, 6) is -0.0708. The van der Waals surface area contributed by atoms with Gasteiger partial charge in [0, 0.05) is 5.56 Å². The van der Waals surface area contributed by atoms with E-state index in [-0.39, 0.29) is 5.91 Å². The third kappa shape index (κ3) is 3.14. The van der Waals surface area contributed by atoms with E-state index in [1.54, 1.807) is 11.2 Å². The Kier molecular flexibility index (Phi) is 4.95. The third-order valence-electron chi connectivity index (χ3n) is 6.14. The number of amides is 1. The van der Waals surface area contributed by atoms with Gasteiger partial charge in [0.25, 0.3) is 5.91 Å². The molecule has 156 valence electrons. The molecule has 0 aromatic heterocycles. The number of anilines is 1. The van der Waals surface area contributed by atoms with Crippen LogP contribution in [0, 0.1) is 13.8 Å². The zero-order chi connectivity index (χ0) is 22.1. The smallest absolute Gasteiger partial charge is 0.267 e. The van der Waals surface area contributed by atoms with Crippen LogP contribution in [0.15, 0.2) is 108 Å². The van der Waals surface area contributed by atoms with Crippen LogP contribution in [-0.4, -0.2) is 12.1 Å². The first kappa shape index (κ1) is 20.0. The maximum atomic E-state index is 14.3. The number of benzene rings is 4. The average Bonchev–Trinajstić information content (AvgIpc) is 3.08. The lowest BCUT2D eigenvalue weighted by molar-refractivity contribution is -0.120. The molecule has 0 bridgehead atoms. The van der Waals surface area contributed by atoms with E-state index in [0.717, 1.165) is 39.1 Å². The quantitative estimate of drug-likeness (QED) is 0.375. The number of nitrogens with zero attached hydrogens (tertiary/aromatic N) is 2. The van der Waals surface area contributed by atoms with Crippen molar-refractivity contribution in [2.45, 2.75) is 19.3 Å². The van der Waals surface area contributed by atoms with Gasteiger partial charge >= 0.3 is 0 Å². The number of hydrogen-bond acceptors (Lipinski definition) is 2. The molecule has 1 aliphatic heterocycles. The number of para-hydroxylation sites is 1. The summed E-state index contributed by atoms with van der Waals surface area (Å²) in [5, 5.41) is 6.21. The highest BCUT2D eigenvalue weighted by Crippen LogP contribution is 2.50. The molecule has 4 aromatic rings. The van der Waals surface area contributed by atoms with Gasteiger partial charge in [0.15, 0.2) is 0 Å². The van der Waals surface area contributed by atoms with E-state index in [4.69, 9.17) is 0 Å². The summed E-state index contributed by atoms with van der Waals surface area (Å²) in [6, 6.07) is 34.3. The molecule has 1 amide bonds. The fraction of sp³-hybridized carbons (Fsp3) is 0.103. The Bertz CT molecular complexity index is 1240. The Balaban J connectivity index is 1.74. The Labute approximate surface area is 188 Å². The van der Waals surface area contributed by atoms with Crippen molar-refractivity contribution in [2.24, 2.45) is 5.10 Å². The van der Waals surface area contributed by atoms with E-state index in [1.165, 1.54) is 0 Å². The molecule has 3 nitrogen and oxygen atoms in total. The maximum absolute atomic E-state index is 14.3. The van der Waals surface area contributed by atoms with Crippen molar-refractivity contribution in [3.8, 4) is 0 Å². The van der Waals surface area contributed by atoms with E-state index < -0.39 is 5.41 Å². The normalized spacial score (nSPS) is 14.7. The van der Waals surface area contributed by atoms with E-state index >= 15 is 0 Å². The van der Waals surface area contributed by atoms with Gasteiger partial charge in [-0.15, -0.1) is 0 Å². The molecule has 0 N–H and O–H groups in total. The van der Waals surface area contributed by atoms with Crippen LogP contribution in [0.2, 0.25) is 0 Å². The molecule has 1 aliphatic rings. The number of carbonyl (C=O) groups is 1. The summed E-state index contributed by atoms with van der Waals surface area (Å²) in [6.45, 7) is 4.12. The maximum Gasteiger partial charge on any atom is 0.267 e. The van der Waals surface area contributed by atoms with Crippen molar-refractivity contribution in [1.29, 1.82) is 0 Å². The summed E-state index contributed by atoms with van der Waals surface area (Å²) in [6.07, 6.45) is 1.75. The van der Waals surface area contributed by atoms with Gasteiger partial charge in [-0.2, -0.15) is 10.1 Å². The Morgan fingerprint density at radius 1 is 0.688 bits per heavy atom. The first-order valence-electron chi connectivity index (χ1n) is 10.8. The number of hydrazone groups is 1. The number of aryl methyl sites for hydroxylation is 2. The van der Waals surface area contributed by atoms with E-state index in [1.807, 2.05) is 54.6 Å². The highest BCUT2D eigenvalue weighted by molar-refractivity contribution is 6.13. The zero-order valence-electron chi connectivity index (χ0n) is 18.2. The summed E-state index contributed by atoms with van der Waals surface area (Å²) in [5.41, 5.74) is 5.96. The largest absolute Gasteiger partial charge is 0.271 e. The molecule has 32 heavy (non-hydrogen) atoms. The fourth-order valence-corrected chi connectivity index (χ4v) is 4.47. The molecule has 3 heteroatoms. The SMILES string of the molecule is Cc1ccc(C2(c3ccc(C)cc3)C(=O)N(N=Cc3ccccc3)c3ccccc32)cc1. The lowest BCUT2D eigenvalue weighted by Crippen LogP contribution is -2.40. The van der Waals surface area contributed by atoms with Gasteiger partial charge in [0.2, 0.25) is 0 Å². The molecule has 0 saturated heterocycles. The minimum Gasteiger partial charge on any atom is -0.271 e. The predicted octanol–water partition coefficient (Wildman–Crippen LogP) is 6.02. The summed E-state index contributed by atoms with van der Waals surface area (Å²) < 4.78 is 0. The van der Waals surface area contributed by atoms with Crippen LogP contribution in [0.1, 0.15) is 33.4 Å². The van der Waals surface area contributed by atoms with Gasteiger partial charge in [-0.3, -0.25) is 4.79 Å². The molecule has 5 rings (SSSR count).